The zero-order chi connectivity index (χ0) is 20.1. The quantitative estimate of drug-likeness (QED) is 0.831. The van der Waals surface area contributed by atoms with Gasteiger partial charge in [0.25, 0.3) is 0 Å². The van der Waals surface area contributed by atoms with E-state index in [9.17, 15) is 9.59 Å². The Morgan fingerprint density at radius 2 is 1.86 bits per heavy atom. The van der Waals surface area contributed by atoms with Crippen molar-refractivity contribution in [2.24, 2.45) is 0 Å². The number of anilines is 1. The number of hydrogen-bond acceptors (Lipinski definition) is 5. The molecule has 1 saturated heterocycles. The maximum absolute atomic E-state index is 12.4. The molecule has 0 spiro atoms. The van der Waals surface area contributed by atoms with Crippen LogP contribution in [-0.2, 0) is 10.5 Å². The summed E-state index contributed by atoms with van der Waals surface area (Å²) in [6.07, 6.45) is 0. The van der Waals surface area contributed by atoms with Crippen LogP contribution in [0.25, 0.3) is 0 Å². The number of aryl methyl sites for hydroxylation is 3. The van der Waals surface area contributed by atoms with E-state index in [1.807, 2.05) is 49.9 Å². The van der Waals surface area contributed by atoms with Crippen LogP contribution in [0, 0.1) is 20.8 Å². The number of piperazine rings is 1. The Kier molecular flexibility index (Phi) is 6.61. The molecule has 0 aliphatic carbocycles. The van der Waals surface area contributed by atoms with Crippen LogP contribution in [0.2, 0.25) is 0 Å². The van der Waals surface area contributed by atoms with Crippen molar-refractivity contribution >= 4 is 29.4 Å². The highest BCUT2D eigenvalue weighted by Gasteiger charge is 2.24. The molecule has 150 valence electrons. The molecule has 1 aliphatic rings. The van der Waals surface area contributed by atoms with E-state index in [1.54, 1.807) is 16.7 Å². The molecule has 0 radical (unpaired) electrons. The van der Waals surface area contributed by atoms with Crippen molar-refractivity contribution in [2.75, 3.05) is 37.2 Å². The third kappa shape index (κ3) is 5.07. The summed E-state index contributed by atoms with van der Waals surface area (Å²) in [5.41, 5.74) is 3.84. The van der Waals surface area contributed by atoms with E-state index in [2.05, 4.69) is 10.5 Å². The second-order valence-corrected chi connectivity index (χ2v) is 7.95. The van der Waals surface area contributed by atoms with Crippen LogP contribution in [0.3, 0.4) is 0 Å². The first-order chi connectivity index (χ1) is 13.4. The first-order valence-electron chi connectivity index (χ1n) is 9.34. The van der Waals surface area contributed by atoms with Crippen molar-refractivity contribution in [2.45, 2.75) is 26.5 Å². The molecule has 1 fully saturated rings. The molecule has 2 heterocycles. The van der Waals surface area contributed by atoms with Gasteiger partial charge in [0.05, 0.1) is 11.4 Å². The largest absolute Gasteiger partial charge is 0.361 e. The minimum atomic E-state index is -0.120. The van der Waals surface area contributed by atoms with Gasteiger partial charge in [-0.2, -0.15) is 0 Å². The Labute approximate surface area is 169 Å². The Morgan fingerprint density at radius 3 is 2.50 bits per heavy atom. The highest BCUT2D eigenvalue weighted by Crippen LogP contribution is 2.20. The molecule has 8 heteroatoms. The van der Waals surface area contributed by atoms with Gasteiger partial charge < -0.3 is 19.6 Å². The molecule has 0 bridgehead atoms. The first kappa shape index (κ1) is 20.3. The van der Waals surface area contributed by atoms with Crippen molar-refractivity contribution in [3.05, 3.63) is 46.8 Å². The third-order valence-corrected chi connectivity index (χ3v) is 5.79. The van der Waals surface area contributed by atoms with Gasteiger partial charge in [0.15, 0.2) is 0 Å². The average Bonchev–Trinajstić information content (AvgIpc) is 3.00. The van der Waals surface area contributed by atoms with Gasteiger partial charge in [0.2, 0.25) is 5.91 Å². The van der Waals surface area contributed by atoms with Crippen LogP contribution < -0.4 is 5.32 Å². The standard InChI is InChI=1S/C20H26N4O3S/c1-14-5-4-6-17(11-14)21-20(26)24-9-7-23(8-10-24)19(25)13-28-12-18-15(2)22-27-16(18)3/h4-6,11H,7-10,12-13H2,1-3H3,(H,21,26). The maximum atomic E-state index is 12.4. The highest BCUT2D eigenvalue weighted by molar-refractivity contribution is 7.99. The first-order valence-corrected chi connectivity index (χ1v) is 10.5. The van der Waals surface area contributed by atoms with Gasteiger partial charge in [0, 0.05) is 43.2 Å². The van der Waals surface area contributed by atoms with E-state index in [4.69, 9.17) is 4.52 Å². The smallest absolute Gasteiger partial charge is 0.321 e. The lowest BCUT2D eigenvalue weighted by atomic mass is 10.2. The number of carbonyl (C=O) groups excluding carboxylic acids is 2. The van der Waals surface area contributed by atoms with Crippen LogP contribution in [0.5, 0.6) is 0 Å². The maximum Gasteiger partial charge on any atom is 0.321 e. The van der Waals surface area contributed by atoms with Crippen molar-refractivity contribution in [1.82, 2.24) is 15.0 Å². The van der Waals surface area contributed by atoms with E-state index in [0.29, 0.717) is 37.7 Å². The zero-order valence-electron chi connectivity index (χ0n) is 16.5. The average molecular weight is 403 g/mol. The van der Waals surface area contributed by atoms with Gasteiger partial charge in [-0.1, -0.05) is 17.3 Å². The molecule has 1 aromatic heterocycles. The van der Waals surface area contributed by atoms with Gasteiger partial charge in [0.1, 0.15) is 5.76 Å². The van der Waals surface area contributed by atoms with E-state index >= 15 is 0 Å². The van der Waals surface area contributed by atoms with Gasteiger partial charge in [-0.05, 0) is 38.5 Å². The molecule has 1 N–H and O–H groups in total. The lowest BCUT2D eigenvalue weighted by Crippen LogP contribution is -2.52. The van der Waals surface area contributed by atoms with E-state index in [-0.39, 0.29) is 11.9 Å². The fraction of sp³-hybridized carbons (Fsp3) is 0.450. The number of thioether (sulfide) groups is 1. The molecular formula is C20H26N4O3S. The summed E-state index contributed by atoms with van der Waals surface area (Å²) in [6.45, 7) is 7.99. The Morgan fingerprint density at radius 1 is 1.14 bits per heavy atom. The van der Waals surface area contributed by atoms with Crippen molar-refractivity contribution in [3.63, 3.8) is 0 Å². The van der Waals surface area contributed by atoms with E-state index in [1.165, 1.54) is 0 Å². The van der Waals surface area contributed by atoms with Crippen LogP contribution >= 0.6 is 11.8 Å². The van der Waals surface area contributed by atoms with Crippen molar-refractivity contribution in [3.8, 4) is 0 Å². The predicted molar refractivity (Wildman–Crippen MR) is 110 cm³/mol. The number of amides is 3. The van der Waals surface area contributed by atoms with Crippen molar-refractivity contribution in [1.29, 1.82) is 0 Å². The monoisotopic (exact) mass is 402 g/mol. The molecule has 3 rings (SSSR count). The molecular weight excluding hydrogens is 376 g/mol. The van der Waals surface area contributed by atoms with Crippen LogP contribution in [0.15, 0.2) is 28.8 Å². The highest BCUT2D eigenvalue weighted by atomic mass is 32.2. The van der Waals surface area contributed by atoms with Gasteiger partial charge >= 0.3 is 6.03 Å². The van der Waals surface area contributed by atoms with Gasteiger partial charge in [-0.3, -0.25) is 4.79 Å². The summed E-state index contributed by atoms with van der Waals surface area (Å²) in [4.78, 5) is 28.4. The van der Waals surface area contributed by atoms with Gasteiger partial charge in [-0.25, -0.2) is 4.79 Å². The van der Waals surface area contributed by atoms with Crippen LogP contribution in [0.4, 0.5) is 10.5 Å². The van der Waals surface area contributed by atoms with E-state index < -0.39 is 0 Å². The molecule has 0 unspecified atom stereocenters. The minimum absolute atomic E-state index is 0.107. The number of rotatable bonds is 5. The molecule has 1 aliphatic heterocycles. The molecule has 7 nitrogen and oxygen atoms in total. The fourth-order valence-electron chi connectivity index (χ4n) is 3.12. The Hall–Kier alpha value is -2.48. The summed E-state index contributed by atoms with van der Waals surface area (Å²) in [6, 6.07) is 7.60. The number of nitrogens with one attached hydrogen (secondary N) is 1. The molecule has 1 aromatic carbocycles. The third-order valence-electron chi connectivity index (χ3n) is 4.84. The molecule has 2 aromatic rings. The SMILES string of the molecule is Cc1cccc(NC(=O)N2CCN(C(=O)CSCc3c(C)noc3C)CC2)c1. The van der Waals surface area contributed by atoms with Gasteiger partial charge in [-0.15, -0.1) is 11.8 Å². The topological polar surface area (TPSA) is 78.7 Å². The number of nitrogens with zero attached hydrogens (tertiary/aromatic N) is 3. The predicted octanol–water partition coefficient (Wildman–Crippen LogP) is 3.21. The normalized spacial score (nSPS) is 14.2. The lowest BCUT2D eigenvalue weighted by Gasteiger charge is -2.34. The Bertz CT molecular complexity index is 824. The Balaban J connectivity index is 1.41. The number of aromatic nitrogens is 1. The zero-order valence-corrected chi connectivity index (χ0v) is 17.3. The minimum Gasteiger partial charge on any atom is -0.361 e. The number of hydrogen-bond donors (Lipinski definition) is 1. The second-order valence-electron chi connectivity index (χ2n) is 6.96. The lowest BCUT2D eigenvalue weighted by molar-refractivity contribution is -0.129. The number of benzene rings is 1. The summed E-state index contributed by atoms with van der Waals surface area (Å²) < 4.78 is 5.15. The van der Waals surface area contributed by atoms with Crippen LogP contribution in [0.1, 0.15) is 22.6 Å². The van der Waals surface area contributed by atoms with Crippen LogP contribution in [-0.4, -0.2) is 58.8 Å². The van der Waals surface area contributed by atoms with E-state index in [0.717, 1.165) is 28.3 Å². The molecule has 28 heavy (non-hydrogen) atoms. The summed E-state index contributed by atoms with van der Waals surface area (Å²) >= 11 is 1.57. The fourth-order valence-corrected chi connectivity index (χ4v) is 4.20. The second kappa shape index (κ2) is 9.14. The molecule has 0 atom stereocenters. The molecule has 0 saturated carbocycles. The molecule has 3 amide bonds. The summed E-state index contributed by atoms with van der Waals surface area (Å²) in [5, 5.41) is 6.86. The van der Waals surface area contributed by atoms with Crippen molar-refractivity contribution < 1.29 is 14.1 Å². The number of carbonyl (C=O) groups is 2. The number of urea groups is 1. The summed E-state index contributed by atoms with van der Waals surface area (Å²) in [7, 11) is 0. The summed E-state index contributed by atoms with van der Waals surface area (Å²) in [5.74, 6) is 2.05.